The number of carbonyl (C=O) groups is 1. The molecule has 2 aromatic rings. The fraction of sp³-hybridized carbons (Fsp3) is 0.200. The first-order valence-corrected chi connectivity index (χ1v) is 6.36. The molecule has 0 atom stereocenters. The summed E-state index contributed by atoms with van der Waals surface area (Å²) < 4.78 is 38.2. The number of carbonyl (C=O) groups excluding carboxylic acids is 1. The van der Waals surface area contributed by atoms with Gasteiger partial charge in [-0.3, -0.25) is 4.79 Å². The van der Waals surface area contributed by atoms with Gasteiger partial charge in [0.05, 0.1) is 17.8 Å². The van der Waals surface area contributed by atoms with Crippen LogP contribution in [0.3, 0.4) is 0 Å². The first-order chi connectivity index (χ1) is 9.93. The molecule has 1 aliphatic rings. The molecule has 0 unspecified atom stereocenters. The monoisotopic (exact) mass is 292 g/mol. The van der Waals surface area contributed by atoms with Crippen molar-refractivity contribution in [1.82, 2.24) is 4.98 Å². The van der Waals surface area contributed by atoms with E-state index in [-0.39, 0.29) is 12.3 Å². The van der Waals surface area contributed by atoms with Crippen molar-refractivity contribution in [3.05, 3.63) is 47.5 Å². The molecule has 3 rings (SSSR count). The molecular weight excluding hydrogens is 281 g/mol. The summed E-state index contributed by atoms with van der Waals surface area (Å²) in [5.41, 5.74) is 0.901. The minimum absolute atomic E-state index is 0.0659. The summed E-state index contributed by atoms with van der Waals surface area (Å²) in [5, 5.41) is 2.88. The Morgan fingerprint density at radius 2 is 1.95 bits per heavy atom. The molecule has 1 aromatic heterocycles. The second kappa shape index (κ2) is 4.87. The van der Waals surface area contributed by atoms with Gasteiger partial charge in [-0.25, -0.2) is 4.98 Å². The molecule has 0 fully saturated rings. The SMILES string of the molecule is O=C1CNc2nc(-c3cccc(C(F)(F)F)c3)ccc2C1. The summed E-state index contributed by atoms with van der Waals surface area (Å²) in [6.45, 7) is 0.200. The third-order valence-corrected chi connectivity index (χ3v) is 3.31. The van der Waals surface area contributed by atoms with E-state index >= 15 is 0 Å². The molecule has 0 saturated heterocycles. The van der Waals surface area contributed by atoms with Gasteiger partial charge in [0.2, 0.25) is 0 Å². The van der Waals surface area contributed by atoms with Crippen molar-refractivity contribution in [2.24, 2.45) is 0 Å². The zero-order chi connectivity index (χ0) is 15.0. The summed E-state index contributed by atoms with van der Waals surface area (Å²) >= 11 is 0. The number of hydrogen-bond donors (Lipinski definition) is 1. The van der Waals surface area contributed by atoms with Gasteiger partial charge in [0.25, 0.3) is 0 Å². The number of nitrogens with zero attached hydrogens (tertiary/aromatic N) is 1. The number of rotatable bonds is 1. The molecule has 21 heavy (non-hydrogen) atoms. The molecule has 1 aromatic carbocycles. The average molecular weight is 292 g/mol. The molecule has 1 aliphatic heterocycles. The maximum absolute atomic E-state index is 12.7. The van der Waals surface area contributed by atoms with Gasteiger partial charge in [0.1, 0.15) is 5.82 Å². The van der Waals surface area contributed by atoms with Crippen LogP contribution >= 0.6 is 0 Å². The molecule has 0 saturated carbocycles. The maximum Gasteiger partial charge on any atom is 0.416 e. The van der Waals surface area contributed by atoms with E-state index in [9.17, 15) is 18.0 Å². The fourth-order valence-corrected chi connectivity index (χ4v) is 2.26. The van der Waals surface area contributed by atoms with Crippen LogP contribution in [-0.2, 0) is 17.4 Å². The zero-order valence-corrected chi connectivity index (χ0v) is 10.9. The Balaban J connectivity index is 2.00. The van der Waals surface area contributed by atoms with Gasteiger partial charge < -0.3 is 5.32 Å². The smallest absolute Gasteiger partial charge is 0.363 e. The molecule has 0 aliphatic carbocycles. The standard InChI is InChI=1S/C15H11F3N2O/c16-15(17,18)11-3-1-2-9(6-11)13-5-4-10-7-12(21)8-19-14(10)20-13/h1-6H,7-8H2,(H,19,20). The number of ketones is 1. The van der Waals surface area contributed by atoms with Crippen LogP contribution < -0.4 is 5.32 Å². The number of alkyl halides is 3. The van der Waals surface area contributed by atoms with Gasteiger partial charge in [-0.1, -0.05) is 18.2 Å². The van der Waals surface area contributed by atoms with E-state index in [4.69, 9.17) is 0 Å². The number of benzene rings is 1. The van der Waals surface area contributed by atoms with Crippen LogP contribution in [0.4, 0.5) is 19.0 Å². The number of anilines is 1. The lowest BCUT2D eigenvalue weighted by atomic mass is 10.0. The fourth-order valence-electron chi connectivity index (χ4n) is 2.26. The van der Waals surface area contributed by atoms with Crippen LogP contribution in [0.15, 0.2) is 36.4 Å². The van der Waals surface area contributed by atoms with Gasteiger partial charge in [-0.2, -0.15) is 13.2 Å². The predicted octanol–water partition coefficient (Wildman–Crippen LogP) is 3.30. The number of halogens is 3. The van der Waals surface area contributed by atoms with Gasteiger partial charge in [-0.15, -0.1) is 0 Å². The van der Waals surface area contributed by atoms with Gasteiger partial charge in [-0.05, 0) is 18.2 Å². The van der Waals surface area contributed by atoms with Gasteiger partial charge in [0, 0.05) is 17.5 Å². The van der Waals surface area contributed by atoms with Crippen molar-refractivity contribution in [2.75, 3.05) is 11.9 Å². The summed E-state index contributed by atoms with van der Waals surface area (Å²) in [7, 11) is 0. The summed E-state index contributed by atoms with van der Waals surface area (Å²) in [4.78, 5) is 15.6. The van der Waals surface area contributed by atoms with Crippen molar-refractivity contribution in [1.29, 1.82) is 0 Å². The van der Waals surface area contributed by atoms with E-state index in [1.807, 2.05) is 0 Å². The number of fused-ring (bicyclic) bond motifs is 1. The van der Waals surface area contributed by atoms with Crippen LogP contribution in [0.2, 0.25) is 0 Å². The average Bonchev–Trinajstić information content (AvgIpc) is 2.46. The minimum Gasteiger partial charge on any atom is -0.363 e. The molecule has 0 radical (unpaired) electrons. The summed E-state index contributed by atoms with van der Waals surface area (Å²) in [6.07, 6.45) is -4.08. The lowest BCUT2D eigenvalue weighted by Gasteiger charge is -2.17. The Morgan fingerprint density at radius 1 is 1.14 bits per heavy atom. The van der Waals surface area contributed by atoms with E-state index in [0.29, 0.717) is 23.5 Å². The molecular formula is C15H11F3N2O. The van der Waals surface area contributed by atoms with Crippen LogP contribution in [-0.4, -0.2) is 17.3 Å². The van der Waals surface area contributed by atoms with Crippen LogP contribution in [0, 0.1) is 0 Å². The largest absolute Gasteiger partial charge is 0.416 e. The van der Waals surface area contributed by atoms with Crippen molar-refractivity contribution in [3.8, 4) is 11.3 Å². The quantitative estimate of drug-likeness (QED) is 0.877. The highest BCUT2D eigenvalue weighted by Crippen LogP contribution is 2.32. The number of pyridine rings is 1. The maximum atomic E-state index is 12.7. The van der Waals surface area contributed by atoms with Gasteiger partial charge >= 0.3 is 6.18 Å². The van der Waals surface area contributed by atoms with E-state index in [2.05, 4.69) is 10.3 Å². The summed E-state index contributed by atoms with van der Waals surface area (Å²) in [6, 6.07) is 8.40. The van der Waals surface area contributed by atoms with Crippen LogP contribution in [0.5, 0.6) is 0 Å². The minimum atomic E-state index is -4.38. The third kappa shape index (κ3) is 2.74. The first-order valence-electron chi connectivity index (χ1n) is 6.36. The Morgan fingerprint density at radius 3 is 2.71 bits per heavy atom. The highest BCUT2D eigenvalue weighted by Gasteiger charge is 2.30. The van der Waals surface area contributed by atoms with E-state index in [0.717, 1.165) is 17.7 Å². The highest BCUT2D eigenvalue weighted by molar-refractivity contribution is 5.89. The molecule has 0 amide bonds. The third-order valence-electron chi connectivity index (χ3n) is 3.31. The second-order valence-electron chi connectivity index (χ2n) is 4.85. The Hall–Kier alpha value is -2.37. The van der Waals surface area contributed by atoms with Crippen molar-refractivity contribution < 1.29 is 18.0 Å². The topological polar surface area (TPSA) is 42.0 Å². The molecule has 0 spiro atoms. The van der Waals surface area contributed by atoms with Crippen LogP contribution in [0.1, 0.15) is 11.1 Å². The molecule has 3 nitrogen and oxygen atoms in total. The Labute approximate surface area is 118 Å². The van der Waals surface area contributed by atoms with Gasteiger partial charge in [0.15, 0.2) is 5.78 Å². The van der Waals surface area contributed by atoms with Crippen LogP contribution in [0.25, 0.3) is 11.3 Å². The molecule has 108 valence electrons. The normalized spacial score (nSPS) is 14.5. The molecule has 2 heterocycles. The second-order valence-corrected chi connectivity index (χ2v) is 4.85. The number of aromatic nitrogens is 1. The van der Waals surface area contributed by atoms with E-state index in [1.165, 1.54) is 6.07 Å². The molecule has 0 bridgehead atoms. The number of Topliss-reactive ketones (excluding diaryl/α,β-unsaturated/α-hetero) is 1. The number of nitrogens with one attached hydrogen (secondary N) is 1. The highest BCUT2D eigenvalue weighted by atomic mass is 19.4. The first kappa shape index (κ1) is 13.6. The Bertz CT molecular complexity index is 710. The lowest BCUT2D eigenvalue weighted by Crippen LogP contribution is -2.23. The lowest BCUT2D eigenvalue weighted by molar-refractivity contribution is -0.137. The molecule has 6 heteroatoms. The predicted molar refractivity (Wildman–Crippen MR) is 71.9 cm³/mol. The van der Waals surface area contributed by atoms with E-state index in [1.54, 1.807) is 18.2 Å². The van der Waals surface area contributed by atoms with Crippen molar-refractivity contribution >= 4 is 11.6 Å². The van der Waals surface area contributed by atoms with E-state index < -0.39 is 11.7 Å². The van der Waals surface area contributed by atoms with Crippen molar-refractivity contribution in [3.63, 3.8) is 0 Å². The molecule has 1 N–H and O–H groups in total. The number of hydrogen-bond acceptors (Lipinski definition) is 3. The van der Waals surface area contributed by atoms with Crippen molar-refractivity contribution in [2.45, 2.75) is 12.6 Å². The summed E-state index contributed by atoms with van der Waals surface area (Å²) in [5.74, 6) is 0.626. The Kier molecular flexibility index (Phi) is 3.16. The zero-order valence-electron chi connectivity index (χ0n) is 10.9.